The molecule has 4 heteroatoms. The zero-order valence-corrected chi connectivity index (χ0v) is 9.17. The fourth-order valence-corrected chi connectivity index (χ4v) is 1.93. The molecular weight excluding hydrogens is 227 g/mol. The molecule has 0 fully saturated rings. The Kier molecular flexibility index (Phi) is 3.31. The Labute approximate surface area is 96.3 Å². The predicted molar refractivity (Wildman–Crippen MR) is 60.1 cm³/mol. The van der Waals surface area contributed by atoms with Gasteiger partial charge in [-0.3, -0.25) is 4.79 Å². The number of esters is 1. The molecule has 0 saturated heterocycles. The van der Waals surface area contributed by atoms with Crippen LogP contribution < -0.4 is 4.74 Å². The summed E-state index contributed by atoms with van der Waals surface area (Å²) in [6.07, 6.45) is 0.173. The summed E-state index contributed by atoms with van der Waals surface area (Å²) in [4.78, 5) is 12.4. The average molecular weight is 236 g/mol. The molecule has 0 radical (unpaired) electrons. The summed E-state index contributed by atoms with van der Waals surface area (Å²) in [5.41, 5.74) is 0. The molecule has 0 N–H and O–H groups in total. The summed E-state index contributed by atoms with van der Waals surface area (Å²) in [7, 11) is 0. The molecule has 0 unspecified atom stereocenters. The maximum atomic E-state index is 13.2. The van der Waals surface area contributed by atoms with E-state index in [1.54, 1.807) is 12.1 Å². The van der Waals surface area contributed by atoms with E-state index >= 15 is 0 Å². The van der Waals surface area contributed by atoms with Gasteiger partial charge in [0.2, 0.25) is 0 Å². The van der Waals surface area contributed by atoms with Crippen LogP contribution in [-0.4, -0.2) is 5.97 Å². The van der Waals surface area contributed by atoms with Gasteiger partial charge in [0.15, 0.2) is 11.6 Å². The van der Waals surface area contributed by atoms with Gasteiger partial charge < -0.3 is 4.74 Å². The maximum absolute atomic E-state index is 13.2. The molecule has 1 aromatic heterocycles. The molecule has 0 amide bonds. The summed E-state index contributed by atoms with van der Waals surface area (Å²) in [5.74, 6) is -1.00. The predicted octanol–water partition coefficient (Wildman–Crippen LogP) is 3.04. The van der Waals surface area contributed by atoms with E-state index in [0.29, 0.717) is 0 Å². The molecular formula is C12H9FO2S. The number of halogens is 1. The van der Waals surface area contributed by atoms with Gasteiger partial charge in [-0.2, -0.15) is 0 Å². The van der Waals surface area contributed by atoms with Crippen LogP contribution in [0, 0.1) is 5.82 Å². The van der Waals surface area contributed by atoms with Crippen LogP contribution in [0.25, 0.3) is 0 Å². The standard InChI is InChI=1S/C12H9FO2S/c13-10-5-1-2-6-11(10)15-12(14)8-9-4-3-7-16-9/h1-7H,8H2. The van der Waals surface area contributed by atoms with Crippen LogP contribution in [-0.2, 0) is 11.2 Å². The third-order valence-corrected chi connectivity index (χ3v) is 2.84. The first-order chi connectivity index (χ1) is 7.75. The second kappa shape index (κ2) is 4.90. The molecule has 0 aliphatic carbocycles. The summed E-state index contributed by atoms with van der Waals surface area (Å²) < 4.78 is 18.1. The monoisotopic (exact) mass is 236 g/mol. The van der Waals surface area contributed by atoms with E-state index in [2.05, 4.69) is 0 Å². The Morgan fingerprint density at radius 1 is 1.25 bits per heavy atom. The van der Waals surface area contributed by atoms with Gasteiger partial charge in [0.1, 0.15) is 0 Å². The molecule has 2 nitrogen and oxygen atoms in total. The Hall–Kier alpha value is -1.68. The topological polar surface area (TPSA) is 26.3 Å². The van der Waals surface area contributed by atoms with Crippen molar-refractivity contribution in [3.63, 3.8) is 0 Å². The molecule has 2 rings (SSSR count). The number of para-hydroxylation sites is 1. The lowest BCUT2D eigenvalue weighted by Gasteiger charge is -2.03. The molecule has 0 spiro atoms. The van der Waals surface area contributed by atoms with Crippen molar-refractivity contribution in [3.8, 4) is 5.75 Å². The number of carbonyl (C=O) groups is 1. The first kappa shape index (κ1) is 10.8. The molecule has 2 aromatic rings. The third-order valence-electron chi connectivity index (χ3n) is 1.96. The minimum absolute atomic E-state index is 0.0240. The van der Waals surface area contributed by atoms with Crippen LogP contribution in [0.2, 0.25) is 0 Å². The molecule has 0 aliphatic rings. The van der Waals surface area contributed by atoms with Crippen molar-refractivity contribution < 1.29 is 13.9 Å². The van der Waals surface area contributed by atoms with Crippen LogP contribution in [0.3, 0.4) is 0 Å². The van der Waals surface area contributed by atoms with Crippen molar-refractivity contribution in [2.75, 3.05) is 0 Å². The van der Waals surface area contributed by atoms with E-state index in [4.69, 9.17) is 4.74 Å². The van der Waals surface area contributed by atoms with Crippen LogP contribution >= 0.6 is 11.3 Å². The van der Waals surface area contributed by atoms with Crippen molar-refractivity contribution in [1.29, 1.82) is 0 Å². The van der Waals surface area contributed by atoms with Gasteiger partial charge in [0.25, 0.3) is 0 Å². The molecule has 82 valence electrons. The van der Waals surface area contributed by atoms with Crippen molar-refractivity contribution in [1.82, 2.24) is 0 Å². The van der Waals surface area contributed by atoms with Gasteiger partial charge >= 0.3 is 5.97 Å². The van der Waals surface area contributed by atoms with Gasteiger partial charge in [0.05, 0.1) is 6.42 Å². The smallest absolute Gasteiger partial charge is 0.316 e. The van der Waals surface area contributed by atoms with Crippen LogP contribution in [0.5, 0.6) is 5.75 Å². The van der Waals surface area contributed by atoms with Crippen molar-refractivity contribution in [2.45, 2.75) is 6.42 Å². The molecule has 1 aromatic carbocycles. The van der Waals surface area contributed by atoms with Crippen molar-refractivity contribution in [2.24, 2.45) is 0 Å². The number of carbonyl (C=O) groups excluding carboxylic acids is 1. The Bertz CT molecular complexity index is 480. The fraction of sp³-hybridized carbons (Fsp3) is 0.0833. The average Bonchev–Trinajstić information content (AvgIpc) is 2.74. The third kappa shape index (κ3) is 2.67. The Morgan fingerprint density at radius 2 is 2.06 bits per heavy atom. The number of ether oxygens (including phenoxy) is 1. The van der Waals surface area contributed by atoms with Gasteiger partial charge in [-0.15, -0.1) is 11.3 Å². The SMILES string of the molecule is O=C(Cc1cccs1)Oc1ccccc1F. The van der Waals surface area contributed by atoms with E-state index in [-0.39, 0.29) is 12.2 Å². The highest BCUT2D eigenvalue weighted by Gasteiger charge is 2.09. The van der Waals surface area contributed by atoms with Crippen LogP contribution in [0.15, 0.2) is 41.8 Å². The first-order valence-electron chi connectivity index (χ1n) is 4.73. The van der Waals surface area contributed by atoms with Crippen LogP contribution in [0.1, 0.15) is 4.88 Å². The second-order valence-electron chi connectivity index (χ2n) is 3.16. The number of hydrogen-bond acceptors (Lipinski definition) is 3. The lowest BCUT2D eigenvalue weighted by atomic mass is 10.3. The molecule has 0 saturated carbocycles. The number of hydrogen-bond donors (Lipinski definition) is 0. The molecule has 16 heavy (non-hydrogen) atoms. The minimum Gasteiger partial charge on any atom is -0.423 e. The number of thiophene rings is 1. The first-order valence-corrected chi connectivity index (χ1v) is 5.61. The zero-order valence-electron chi connectivity index (χ0n) is 8.35. The van der Waals surface area contributed by atoms with E-state index in [9.17, 15) is 9.18 Å². The molecule has 0 bridgehead atoms. The Morgan fingerprint density at radius 3 is 2.75 bits per heavy atom. The van der Waals surface area contributed by atoms with Gasteiger partial charge in [-0.05, 0) is 23.6 Å². The lowest BCUT2D eigenvalue weighted by Crippen LogP contribution is -2.11. The number of rotatable bonds is 3. The van der Waals surface area contributed by atoms with Crippen molar-refractivity contribution in [3.05, 3.63) is 52.5 Å². The van der Waals surface area contributed by atoms with Gasteiger partial charge in [0, 0.05) is 4.88 Å². The second-order valence-corrected chi connectivity index (χ2v) is 4.19. The highest BCUT2D eigenvalue weighted by Crippen LogP contribution is 2.17. The zero-order chi connectivity index (χ0) is 11.4. The maximum Gasteiger partial charge on any atom is 0.316 e. The number of benzene rings is 1. The van der Waals surface area contributed by atoms with E-state index in [1.165, 1.54) is 23.5 Å². The molecule has 0 aliphatic heterocycles. The van der Waals surface area contributed by atoms with Gasteiger partial charge in [-0.1, -0.05) is 18.2 Å². The van der Waals surface area contributed by atoms with Crippen molar-refractivity contribution >= 4 is 17.3 Å². The lowest BCUT2D eigenvalue weighted by molar-refractivity contribution is -0.133. The summed E-state index contributed by atoms with van der Waals surface area (Å²) in [6, 6.07) is 9.56. The van der Waals surface area contributed by atoms with Crippen LogP contribution in [0.4, 0.5) is 4.39 Å². The molecule has 0 atom stereocenters. The normalized spacial score (nSPS) is 10.1. The Balaban J connectivity index is 2.00. The van der Waals surface area contributed by atoms with Gasteiger partial charge in [-0.25, -0.2) is 4.39 Å². The molecule has 1 heterocycles. The summed E-state index contributed by atoms with van der Waals surface area (Å²) in [5, 5.41) is 1.88. The fourth-order valence-electron chi connectivity index (χ4n) is 1.24. The van der Waals surface area contributed by atoms with E-state index < -0.39 is 11.8 Å². The van der Waals surface area contributed by atoms with E-state index in [1.807, 2.05) is 17.5 Å². The quantitative estimate of drug-likeness (QED) is 0.605. The van der Waals surface area contributed by atoms with E-state index in [0.717, 1.165) is 4.88 Å². The highest BCUT2D eigenvalue weighted by atomic mass is 32.1. The summed E-state index contributed by atoms with van der Waals surface area (Å²) >= 11 is 1.47. The highest BCUT2D eigenvalue weighted by molar-refractivity contribution is 7.10. The largest absolute Gasteiger partial charge is 0.423 e. The summed E-state index contributed by atoms with van der Waals surface area (Å²) in [6.45, 7) is 0. The minimum atomic E-state index is -0.526.